The second kappa shape index (κ2) is 11.3. The smallest absolute Gasteiger partial charge is 0.232 e. The Bertz CT molecular complexity index is 865. The average molecular weight is 445 g/mol. The number of ether oxygens (including phenoxy) is 3. The van der Waals surface area contributed by atoms with E-state index in [-0.39, 0.29) is 5.91 Å². The van der Waals surface area contributed by atoms with Crippen molar-refractivity contribution in [1.82, 2.24) is 9.80 Å². The summed E-state index contributed by atoms with van der Waals surface area (Å²) in [6, 6.07) is 12.4. The molecule has 0 spiro atoms. The first-order chi connectivity index (χ1) is 15.0. The summed E-state index contributed by atoms with van der Waals surface area (Å²) in [5.74, 6) is 3.58. The molecule has 1 fully saturated rings. The molecule has 0 radical (unpaired) electrons. The standard InChI is InChI=1S/C24H32N2O4S/c1-18-5-7-19(8-6-18)16-31-17-22(27)26-13-11-25(12-14-26)15-20-9-10-21(28-2)24(30-4)23(20)29-3/h5-10H,11-17H2,1-4H3. The maximum absolute atomic E-state index is 12.6. The molecule has 0 bridgehead atoms. The molecule has 2 aromatic carbocycles. The molecule has 7 heteroatoms. The van der Waals surface area contributed by atoms with Crippen molar-refractivity contribution in [1.29, 1.82) is 0 Å². The Balaban J connectivity index is 1.48. The number of rotatable bonds is 9. The van der Waals surface area contributed by atoms with Crippen LogP contribution in [-0.2, 0) is 17.1 Å². The number of aryl methyl sites for hydroxylation is 1. The van der Waals surface area contributed by atoms with Gasteiger partial charge in [-0.05, 0) is 18.6 Å². The number of hydrogen-bond donors (Lipinski definition) is 0. The molecule has 1 aliphatic heterocycles. The summed E-state index contributed by atoms with van der Waals surface area (Å²) in [5, 5.41) is 0. The summed E-state index contributed by atoms with van der Waals surface area (Å²) >= 11 is 1.68. The van der Waals surface area contributed by atoms with Gasteiger partial charge in [-0.3, -0.25) is 9.69 Å². The minimum Gasteiger partial charge on any atom is -0.493 e. The lowest BCUT2D eigenvalue weighted by atomic mass is 10.1. The highest BCUT2D eigenvalue weighted by Gasteiger charge is 2.23. The lowest BCUT2D eigenvalue weighted by Gasteiger charge is -2.35. The number of nitrogens with zero attached hydrogens (tertiary/aromatic N) is 2. The van der Waals surface area contributed by atoms with E-state index in [2.05, 4.69) is 36.1 Å². The fourth-order valence-corrected chi connectivity index (χ4v) is 4.60. The third-order valence-corrected chi connectivity index (χ3v) is 6.51. The summed E-state index contributed by atoms with van der Waals surface area (Å²) in [6.45, 7) is 6.01. The molecule has 1 amide bonds. The third-order valence-electron chi connectivity index (χ3n) is 5.52. The Hall–Kier alpha value is -2.38. The van der Waals surface area contributed by atoms with E-state index in [0.29, 0.717) is 23.0 Å². The van der Waals surface area contributed by atoms with Crippen LogP contribution in [0.5, 0.6) is 17.2 Å². The Labute approximate surface area is 189 Å². The minimum absolute atomic E-state index is 0.223. The van der Waals surface area contributed by atoms with E-state index in [4.69, 9.17) is 14.2 Å². The van der Waals surface area contributed by atoms with E-state index in [1.54, 1.807) is 33.1 Å². The predicted octanol–water partition coefficient (Wildman–Crippen LogP) is 3.60. The second-order valence-electron chi connectivity index (χ2n) is 7.63. The van der Waals surface area contributed by atoms with Gasteiger partial charge in [-0.2, -0.15) is 0 Å². The predicted molar refractivity (Wildman–Crippen MR) is 125 cm³/mol. The monoisotopic (exact) mass is 444 g/mol. The molecule has 168 valence electrons. The molecule has 6 nitrogen and oxygen atoms in total. The highest BCUT2D eigenvalue weighted by Crippen LogP contribution is 2.40. The van der Waals surface area contributed by atoms with Gasteiger partial charge < -0.3 is 19.1 Å². The van der Waals surface area contributed by atoms with Crippen molar-refractivity contribution >= 4 is 17.7 Å². The van der Waals surface area contributed by atoms with Crippen LogP contribution in [0.15, 0.2) is 36.4 Å². The number of benzene rings is 2. The Morgan fingerprint density at radius 2 is 1.58 bits per heavy atom. The second-order valence-corrected chi connectivity index (χ2v) is 8.61. The summed E-state index contributed by atoms with van der Waals surface area (Å²) in [5.41, 5.74) is 3.57. The molecule has 1 heterocycles. The van der Waals surface area contributed by atoms with Gasteiger partial charge in [0.25, 0.3) is 0 Å². The van der Waals surface area contributed by atoms with Crippen molar-refractivity contribution in [2.24, 2.45) is 0 Å². The molecule has 1 aliphatic rings. The maximum Gasteiger partial charge on any atom is 0.232 e. The topological polar surface area (TPSA) is 51.2 Å². The summed E-state index contributed by atoms with van der Waals surface area (Å²) < 4.78 is 16.5. The number of thioether (sulfide) groups is 1. The number of amides is 1. The van der Waals surface area contributed by atoms with Gasteiger partial charge in [0.1, 0.15) is 0 Å². The first kappa shape index (κ1) is 23.3. The zero-order valence-electron chi connectivity index (χ0n) is 18.8. The van der Waals surface area contributed by atoms with E-state index in [1.807, 2.05) is 17.0 Å². The molecule has 0 unspecified atom stereocenters. The van der Waals surface area contributed by atoms with Crippen molar-refractivity contribution in [3.63, 3.8) is 0 Å². The van der Waals surface area contributed by atoms with Crippen molar-refractivity contribution in [3.05, 3.63) is 53.1 Å². The quantitative estimate of drug-likeness (QED) is 0.589. The molecule has 0 N–H and O–H groups in total. The summed E-state index contributed by atoms with van der Waals surface area (Å²) in [4.78, 5) is 16.9. The van der Waals surface area contributed by atoms with Crippen LogP contribution in [0.4, 0.5) is 0 Å². The fraction of sp³-hybridized carbons (Fsp3) is 0.458. The van der Waals surface area contributed by atoms with Crippen LogP contribution in [-0.4, -0.2) is 69.0 Å². The molecular weight excluding hydrogens is 412 g/mol. The van der Waals surface area contributed by atoms with E-state index in [1.165, 1.54) is 11.1 Å². The van der Waals surface area contributed by atoms with E-state index >= 15 is 0 Å². The zero-order valence-corrected chi connectivity index (χ0v) is 19.7. The van der Waals surface area contributed by atoms with Crippen molar-refractivity contribution in [2.75, 3.05) is 53.3 Å². The molecule has 3 rings (SSSR count). The lowest BCUT2D eigenvalue weighted by Crippen LogP contribution is -2.48. The summed E-state index contributed by atoms with van der Waals surface area (Å²) in [7, 11) is 4.88. The minimum atomic E-state index is 0.223. The molecule has 2 aromatic rings. The first-order valence-corrected chi connectivity index (χ1v) is 11.6. The highest BCUT2D eigenvalue weighted by molar-refractivity contribution is 7.99. The van der Waals surface area contributed by atoms with Crippen LogP contribution in [0.25, 0.3) is 0 Å². The number of hydrogen-bond acceptors (Lipinski definition) is 6. The van der Waals surface area contributed by atoms with Crippen LogP contribution in [0.1, 0.15) is 16.7 Å². The molecule has 1 saturated heterocycles. The molecule has 0 saturated carbocycles. The van der Waals surface area contributed by atoms with Crippen LogP contribution >= 0.6 is 11.8 Å². The van der Waals surface area contributed by atoms with Gasteiger partial charge in [0, 0.05) is 44.0 Å². The highest BCUT2D eigenvalue weighted by atomic mass is 32.2. The van der Waals surface area contributed by atoms with Gasteiger partial charge in [-0.15, -0.1) is 11.8 Å². The molecular formula is C24H32N2O4S. The first-order valence-electron chi connectivity index (χ1n) is 10.5. The number of piperazine rings is 1. The van der Waals surface area contributed by atoms with Gasteiger partial charge >= 0.3 is 0 Å². The van der Waals surface area contributed by atoms with Crippen molar-refractivity contribution in [2.45, 2.75) is 19.2 Å². The fourth-order valence-electron chi connectivity index (χ4n) is 3.72. The molecule has 0 aliphatic carbocycles. The average Bonchev–Trinajstić information content (AvgIpc) is 2.80. The summed E-state index contributed by atoms with van der Waals surface area (Å²) in [6.07, 6.45) is 0. The van der Waals surface area contributed by atoms with Crippen molar-refractivity contribution < 1.29 is 19.0 Å². The van der Waals surface area contributed by atoms with Crippen molar-refractivity contribution in [3.8, 4) is 17.2 Å². The van der Waals surface area contributed by atoms with Crippen LogP contribution in [0.3, 0.4) is 0 Å². The Morgan fingerprint density at radius 1 is 0.903 bits per heavy atom. The zero-order chi connectivity index (χ0) is 22.2. The van der Waals surface area contributed by atoms with E-state index in [9.17, 15) is 4.79 Å². The van der Waals surface area contributed by atoms with Crippen LogP contribution in [0.2, 0.25) is 0 Å². The lowest BCUT2D eigenvalue weighted by molar-refractivity contribution is -0.130. The Kier molecular flexibility index (Phi) is 8.49. The van der Waals surface area contributed by atoms with Gasteiger partial charge in [0.05, 0.1) is 27.1 Å². The largest absolute Gasteiger partial charge is 0.493 e. The third kappa shape index (κ3) is 6.08. The van der Waals surface area contributed by atoms with Gasteiger partial charge in [0.2, 0.25) is 11.7 Å². The van der Waals surface area contributed by atoms with Gasteiger partial charge in [-0.1, -0.05) is 35.9 Å². The van der Waals surface area contributed by atoms with Gasteiger partial charge in [0.15, 0.2) is 11.5 Å². The number of methoxy groups -OCH3 is 3. The maximum atomic E-state index is 12.6. The Morgan fingerprint density at radius 3 is 2.19 bits per heavy atom. The van der Waals surface area contributed by atoms with Gasteiger partial charge in [-0.25, -0.2) is 0 Å². The normalized spacial score (nSPS) is 14.4. The van der Waals surface area contributed by atoms with E-state index < -0.39 is 0 Å². The van der Waals surface area contributed by atoms with Crippen LogP contribution in [0, 0.1) is 6.92 Å². The number of carbonyl (C=O) groups is 1. The SMILES string of the molecule is COc1ccc(CN2CCN(C(=O)CSCc3ccc(C)cc3)CC2)c(OC)c1OC. The number of carbonyl (C=O) groups excluding carboxylic acids is 1. The molecule has 0 aromatic heterocycles. The molecule has 31 heavy (non-hydrogen) atoms. The van der Waals surface area contributed by atoms with Crippen LogP contribution < -0.4 is 14.2 Å². The molecule has 0 atom stereocenters. The van der Waals surface area contributed by atoms with E-state index in [0.717, 1.165) is 44.0 Å².